The topological polar surface area (TPSA) is 69.6 Å². The van der Waals surface area contributed by atoms with E-state index < -0.39 is 12.1 Å². The summed E-state index contributed by atoms with van der Waals surface area (Å²) < 4.78 is 0. The number of aliphatic hydroxyl groups is 2. The maximum atomic E-state index is 12.5. The van der Waals surface area contributed by atoms with Gasteiger partial charge in [0, 0.05) is 6.42 Å². The number of amides is 1. The van der Waals surface area contributed by atoms with Gasteiger partial charge >= 0.3 is 0 Å². The van der Waals surface area contributed by atoms with Crippen molar-refractivity contribution in [1.82, 2.24) is 5.32 Å². The van der Waals surface area contributed by atoms with Crippen LogP contribution in [0.4, 0.5) is 0 Å². The summed E-state index contributed by atoms with van der Waals surface area (Å²) in [5.74, 6) is -0.0280. The van der Waals surface area contributed by atoms with E-state index in [0.29, 0.717) is 12.8 Å². The van der Waals surface area contributed by atoms with Gasteiger partial charge in [-0.3, -0.25) is 4.79 Å². The first-order chi connectivity index (χ1) is 35.2. The van der Waals surface area contributed by atoms with Crippen LogP contribution in [0.1, 0.15) is 367 Å². The second kappa shape index (κ2) is 62.9. The molecule has 0 saturated heterocycles. The van der Waals surface area contributed by atoms with Gasteiger partial charge < -0.3 is 15.5 Å². The fourth-order valence-electron chi connectivity index (χ4n) is 10.4. The van der Waals surface area contributed by atoms with Gasteiger partial charge in [0.2, 0.25) is 5.91 Å². The Balaban J connectivity index is 3.41. The number of rotatable bonds is 61. The Morgan fingerprint density at radius 1 is 0.338 bits per heavy atom. The molecule has 0 rings (SSSR count). The Bertz CT molecular complexity index is 1080. The highest BCUT2D eigenvalue weighted by molar-refractivity contribution is 5.76. The Morgan fingerprint density at radius 3 is 0.859 bits per heavy atom. The van der Waals surface area contributed by atoms with Gasteiger partial charge in [0.25, 0.3) is 0 Å². The van der Waals surface area contributed by atoms with Crippen LogP contribution in [0, 0.1) is 0 Å². The van der Waals surface area contributed by atoms with Crippen LogP contribution in [-0.4, -0.2) is 34.9 Å². The van der Waals surface area contributed by atoms with Crippen LogP contribution in [0.15, 0.2) is 36.5 Å². The number of hydrogen-bond donors (Lipinski definition) is 3. The van der Waals surface area contributed by atoms with Crippen LogP contribution in [0.5, 0.6) is 0 Å². The average molecular weight is 997 g/mol. The van der Waals surface area contributed by atoms with Crippen molar-refractivity contribution >= 4 is 5.91 Å². The Kier molecular flexibility index (Phi) is 61.7. The SMILES string of the molecule is CCCCCCC/C=C\C/C=C\C/C=C\CCCCCCCCCCCCCCC(=O)NC(CO)C(O)CCCCCCCCCCCCCCCCCCCCCCCCCCCCCCCCCC. The van der Waals surface area contributed by atoms with E-state index in [1.54, 1.807) is 0 Å². The number of unbranched alkanes of at least 4 members (excludes halogenated alkanes) is 48. The van der Waals surface area contributed by atoms with E-state index in [9.17, 15) is 15.0 Å². The molecule has 0 saturated carbocycles. The third-order valence-electron chi connectivity index (χ3n) is 15.4. The minimum Gasteiger partial charge on any atom is -0.394 e. The van der Waals surface area contributed by atoms with Crippen molar-refractivity contribution < 1.29 is 15.0 Å². The Morgan fingerprint density at radius 2 is 0.577 bits per heavy atom. The Hall–Kier alpha value is -1.39. The molecule has 4 nitrogen and oxygen atoms in total. The first kappa shape index (κ1) is 69.6. The van der Waals surface area contributed by atoms with E-state index in [1.165, 1.54) is 302 Å². The predicted octanol–water partition coefficient (Wildman–Crippen LogP) is 22.0. The van der Waals surface area contributed by atoms with Crippen LogP contribution in [0.3, 0.4) is 0 Å². The van der Waals surface area contributed by atoms with Crippen molar-refractivity contribution in [2.75, 3.05) is 6.61 Å². The van der Waals surface area contributed by atoms with Gasteiger partial charge in [-0.1, -0.05) is 346 Å². The summed E-state index contributed by atoms with van der Waals surface area (Å²) in [5, 5.41) is 23.4. The highest BCUT2D eigenvalue weighted by Crippen LogP contribution is 2.19. The maximum Gasteiger partial charge on any atom is 0.220 e. The van der Waals surface area contributed by atoms with Crippen LogP contribution >= 0.6 is 0 Å². The molecule has 0 radical (unpaired) electrons. The van der Waals surface area contributed by atoms with Gasteiger partial charge in [-0.05, 0) is 51.4 Å². The van der Waals surface area contributed by atoms with Crippen molar-refractivity contribution in [3.05, 3.63) is 36.5 Å². The molecular weight excluding hydrogens is 867 g/mol. The zero-order chi connectivity index (χ0) is 51.3. The van der Waals surface area contributed by atoms with E-state index in [4.69, 9.17) is 0 Å². The summed E-state index contributed by atoms with van der Waals surface area (Å²) in [6.45, 7) is 4.39. The van der Waals surface area contributed by atoms with E-state index in [2.05, 4.69) is 55.6 Å². The molecule has 0 fully saturated rings. The quantitative estimate of drug-likeness (QED) is 0.0420. The molecule has 0 aliphatic carbocycles. The largest absolute Gasteiger partial charge is 0.394 e. The smallest absolute Gasteiger partial charge is 0.220 e. The van der Waals surface area contributed by atoms with E-state index in [1.807, 2.05) is 0 Å². The van der Waals surface area contributed by atoms with Crippen molar-refractivity contribution in [3.63, 3.8) is 0 Å². The van der Waals surface area contributed by atoms with Crippen LogP contribution in [0.25, 0.3) is 0 Å². The Labute approximate surface area is 446 Å². The molecular formula is C67H129NO3. The maximum absolute atomic E-state index is 12.5. The van der Waals surface area contributed by atoms with Crippen molar-refractivity contribution in [1.29, 1.82) is 0 Å². The molecule has 0 aromatic carbocycles. The molecule has 1 amide bonds. The average Bonchev–Trinajstić information content (AvgIpc) is 3.37. The molecule has 420 valence electrons. The normalized spacial score (nSPS) is 12.9. The molecule has 2 unspecified atom stereocenters. The summed E-state index contributed by atoms with van der Waals surface area (Å²) in [6, 6.07) is -0.539. The number of nitrogens with one attached hydrogen (secondary N) is 1. The van der Waals surface area contributed by atoms with Crippen molar-refractivity contribution in [2.24, 2.45) is 0 Å². The highest BCUT2D eigenvalue weighted by Gasteiger charge is 2.20. The van der Waals surface area contributed by atoms with Crippen LogP contribution in [0.2, 0.25) is 0 Å². The molecule has 3 N–H and O–H groups in total. The summed E-state index contributed by atoms with van der Waals surface area (Å²) in [6.07, 6.45) is 86.0. The summed E-state index contributed by atoms with van der Waals surface area (Å²) in [4.78, 5) is 12.5. The lowest BCUT2D eigenvalue weighted by atomic mass is 10.0. The third kappa shape index (κ3) is 59.4. The fourth-order valence-corrected chi connectivity index (χ4v) is 10.4. The summed E-state index contributed by atoms with van der Waals surface area (Å²) in [7, 11) is 0. The second-order valence-corrected chi connectivity index (χ2v) is 22.5. The highest BCUT2D eigenvalue weighted by atomic mass is 16.3. The number of aliphatic hydroxyl groups excluding tert-OH is 2. The fraction of sp³-hybridized carbons (Fsp3) is 0.896. The standard InChI is InChI=1S/C67H129NO3/c1-3-5-7-9-11-13-15-17-19-21-23-25-27-29-31-32-33-34-35-37-38-40-42-44-46-48-50-52-54-56-58-60-62-66(70)65(64-69)68-67(71)63-61-59-57-55-53-51-49-47-45-43-41-39-36-30-28-26-24-22-20-18-16-14-12-10-8-6-4-2/h16,18,22,24,28,30,65-66,69-70H,3-15,17,19-21,23,25-27,29,31-64H2,1-2H3,(H,68,71)/b18-16-,24-22-,30-28-. The molecule has 0 bridgehead atoms. The minimum absolute atomic E-state index is 0.0280. The van der Waals surface area contributed by atoms with E-state index in [0.717, 1.165) is 38.5 Å². The zero-order valence-corrected chi connectivity index (χ0v) is 48.5. The lowest BCUT2D eigenvalue weighted by Crippen LogP contribution is -2.45. The van der Waals surface area contributed by atoms with E-state index in [-0.39, 0.29) is 12.5 Å². The molecule has 0 aromatic rings. The van der Waals surface area contributed by atoms with Gasteiger partial charge in [0.05, 0.1) is 18.8 Å². The monoisotopic (exact) mass is 996 g/mol. The first-order valence-electron chi connectivity index (χ1n) is 32.7. The molecule has 0 heterocycles. The molecule has 0 aliphatic rings. The molecule has 0 aromatic heterocycles. The van der Waals surface area contributed by atoms with Gasteiger partial charge in [-0.15, -0.1) is 0 Å². The second-order valence-electron chi connectivity index (χ2n) is 22.5. The first-order valence-corrected chi connectivity index (χ1v) is 32.7. The lowest BCUT2D eigenvalue weighted by molar-refractivity contribution is -0.123. The predicted molar refractivity (Wildman–Crippen MR) is 318 cm³/mol. The van der Waals surface area contributed by atoms with Gasteiger partial charge in [0.1, 0.15) is 0 Å². The van der Waals surface area contributed by atoms with Gasteiger partial charge in [0.15, 0.2) is 0 Å². The number of allylic oxidation sites excluding steroid dienone is 6. The number of hydrogen-bond acceptors (Lipinski definition) is 3. The lowest BCUT2D eigenvalue weighted by Gasteiger charge is -2.22. The molecule has 4 heteroatoms. The molecule has 2 atom stereocenters. The number of carbonyl (C=O) groups is 1. The minimum atomic E-state index is -0.662. The summed E-state index contributed by atoms with van der Waals surface area (Å²) in [5.41, 5.74) is 0. The van der Waals surface area contributed by atoms with Crippen molar-refractivity contribution in [3.8, 4) is 0 Å². The van der Waals surface area contributed by atoms with Crippen LogP contribution in [-0.2, 0) is 4.79 Å². The van der Waals surface area contributed by atoms with Crippen LogP contribution < -0.4 is 5.32 Å². The van der Waals surface area contributed by atoms with Crippen molar-refractivity contribution in [2.45, 2.75) is 379 Å². The number of carbonyl (C=O) groups excluding carboxylic acids is 1. The van der Waals surface area contributed by atoms with Gasteiger partial charge in [-0.2, -0.15) is 0 Å². The summed E-state index contributed by atoms with van der Waals surface area (Å²) >= 11 is 0. The molecule has 71 heavy (non-hydrogen) atoms. The van der Waals surface area contributed by atoms with Gasteiger partial charge in [-0.25, -0.2) is 0 Å². The van der Waals surface area contributed by atoms with E-state index >= 15 is 0 Å². The zero-order valence-electron chi connectivity index (χ0n) is 48.5. The molecule has 0 aliphatic heterocycles. The molecule has 0 spiro atoms. The third-order valence-corrected chi connectivity index (χ3v) is 15.4.